The number of rotatable bonds is 1. The van der Waals surface area contributed by atoms with E-state index in [1.807, 2.05) is 6.92 Å². The van der Waals surface area contributed by atoms with E-state index in [1.54, 1.807) is 0 Å². The van der Waals surface area contributed by atoms with Crippen molar-refractivity contribution in [2.75, 3.05) is 6.54 Å². The quantitative estimate of drug-likeness (QED) is 0.633. The summed E-state index contributed by atoms with van der Waals surface area (Å²) in [6.45, 7) is 2.12. The van der Waals surface area contributed by atoms with Gasteiger partial charge < -0.3 is 10.1 Å². The van der Waals surface area contributed by atoms with Gasteiger partial charge >= 0.3 is 12.1 Å². The van der Waals surface area contributed by atoms with Crippen molar-refractivity contribution in [3.8, 4) is 0 Å². The van der Waals surface area contributed by atoms with Crippen LogP contribution in [0.25, 0.3) is 0 Å². The zero-order chi connectivity index (χ0) is 10.1. The van der Waals surface area contributed by atoms with Crippen LogP contribution in [0.3, 0.4) is 0 Å². The Morgan fingerprint density at radius 2 is 2.15 bits per heavy atom. The Labute approximate surface area is 73.2 Å². The SMILES string of the molecule is CC1CC(OC(=O)C(F)(F)F)CN1. The molecule has 2 unspecified atom stereocenters. The van der Waals surface area contributed by atoms with E-state index in [4.69, 9.17) is 0 Å². The lowest BCUT2D eigenvalue weighted by molar-refractivity contribution is -0.204. The van der Waals surface area contributed by atoms with E-state index in [1.165, 1.54) is 0 Å². The fraction of sp³-hybridized carbons (Fsp3) is 0.857. The molecule has 0 bridgehead atoms. The highest BCUT2D eigenvalue weighted by Gasteiger charge is 2.42. The Morgan fingerprint density at radius 3 is 2.54 bits per heavy atom. The minimum atomic E-state index is -4.88. The van der Waals surface area contributed by atoms with Crippen molar-refractivity contribution in [3.05, 3.63) is 0 Å². The van der Waals surface area contributed by atoms with Crippen molar-refractivity contribution in [1.29, 1.82) is 0 Å². The van der Waals surface area contributed by atoms with Crippen LogP contribution in [0.1, 0.15) is 13.3 Å². The zero-order valence-corrected chi connectivity index (χ0v) is 7.02. The highest BCUT2D eigenvalue weighted by Crippen LogP contribution is 2.19. The maximum atomic E-state index is 11.7. The molecule has 0 aliphatic carbocycles. The van der Waals surface area contributed by atoms with Gasteiger partial charge in [0.1, 0.15) is 6.10 Å². The van der Waals surface area contributed by atoms with Crippen LogP contribution in [-0.2, 0) is 9.53 Å². The molecule has 0 aromatic heterocycles. The third-order valence-corrected chi connectivity index (χ3v) is 1.82. The molecule has 0 spiro atoms. The van der Waals surface area contributed by atoms with E-state index in [-0.39, 0.29) is 6.04 Å². The highest BCUT2D eigenvalue weighted by molar-refractivity contribution is 5.75. The van der Waals surface area contributed by atoms with Crippen molar-refractivity contribution in [2.24, 2.45) is 0 Å². The van der Waals surface area contributed by atoms with Gasteiger partial charge in [-0.2, -0.15) is 13.2 Å². The molecule has 1 aliphatic heterocycles. The first-order valence-electron chi connectivity index (χ1n) is 3.91. The number of ether oxygens (including phenoxy) is 1. The summed E-state index contributed by atoms with van der Waals surface area (Å²) in [7, 11) is 0. The normalized spacial score (nSPS) is 28.9. The second-order valence-electron chi connectivity index (χ2n) is 3.07. The summed E-state index contributed by atoms with van der Waals surface area (Å²) in [6.07, 6.45) is -5.10. The summed E-state index contributed by atoms with van der Waals surface area (Å²) in [5, 5.41) is 2.88. The Bertz CT molecular complexity index is 204. The summed E-state index contributed by atoms with van der Waals surface area (Å²) < 4.78 is 39.3. The molecule has 2 atom stereocenters. The standard InChI is InChI=1S/C7H10F3NO2/c1-4-2-5(3-11-4)13-6(12)7(8,9)10/h4-5,11H,2-3H2,1H3. The van der Waals surface area contributed by atoms with Crippen molar-refractivity contribution in [3.63, 3.8) is 0 Å². The van der Waals surface area contributed by atoms with Crippen molar-refractivity contribution in [2.45, 2.75) is 31.7 Å². The first kappa shape index (κ1) is 10.3. The van der Waals surface area contributed by atoms with E-state index in [9.17, 15) is 18.0 Å². The maximum absolute atomic E-state index is 11.7. The molecule has 13 heavy (non-hydrogen) atoms. The van der Waals surface area contributed by atoms with Gasteiger partial charge in [-0.25, -0.2) is 4.79 Å². The molecule has 0 amide bonds. The van der Waals surface area contributed by atoms with Gasteiger partial charge in [-0.3, -0.25) is 0 Å². The minimum Gasteiger partial charge on any atom is -0.454 e. The average Bonchev–Trinajstić information content (AvgIpc) is 2.33. The van der Waals surface area contributed by atoms with Crippen molar-refractivity contribution >= 4 is 5.97 Å². The average molecular weight is 197 g/mol. The molecular formula is C7H10F3NO2. The first-order valence-corrected chi connectivity index (χ1v) is 3.91. The van der Waals surface area contributed by atoms with Crippen LogP contribution in [0.15, 0.2) is 0 Å². The van der Waals surface area contributed by atoms with Crippen LogP contribution in [0.2, 0.25) is 0 Å². The minimum absolute atomic E-state index is 0.103. The predicted octanol–water partition coefficient (Wildman–Crippen LogP) is 0.842. The van der Waals surface area contributed by atoms with Crippen molar-refractivity contribution in [1.82, 2.24) is 5.32 Å². The molecule has 1 aliphatic rings. The Morgan fingerprint density at radius 1 is 1.54 bits per heavy atom. The number of carbonyl (C=O) groups excluding carboxylic acids is 1. The molecule has 1 N–H and O–H groups in total. The van der Waals surface area contributed by atoms with Crippen LogP contribution >= 0.6 is 0 Å². The van der Waals surface area contributed by atoms with Crippen LogP contribution in [0, 0.1) is 0 Å². The van der Waals surface area contributed by atoms with E-state index < -0.39 is 18.2 Å². The van der Waals surface area contributed by atoms with Gasteiger partial charge in [-0.05, 0) is 6.92 Å². The third kappa shape index (κ3) is 2.87. The monoisotopic (exact) mass is 197 g/mol. The lowest BCUT2D eigenvalue weighted by Crippen LogP contribution is -2.31. The molecule has 0 radical (unpaired) electrons. The fourth-order valence-corrected chi connectivity index (χ4v) is 1.20. The van der Waals surface area contributed by atoms with Crippen molar-refractivity contribution < 1.29 is 22.7 Å². The molecule has 0 aromatic rings. The number of esters is 1. The second kappa shape index (κ2) is 3.53. The number of halogens is 3. The molecule has 0 aromatic carbocycles. The molecule has 76 valence electrons. The zero-order valence-electron chi connectivity index (χ0n) is 7.02. The van der Waals surface area contributed by atoms with Gasteiger partial charge in [0.2, 0.25) is 0 Å². The molecule has 1 heterocycles. The molecule has 1 saturated heterocycles. The summed E-state index contributed by atoms with van der Waals surface area (Å²) in [5.74, 6) is -2.10. The topological polar surface area (TPSA) is 38.3 Å². The number of hydrogen-bond donors (Lipinski definition) is 1. The molecule has 0 saturated carbocycles. The first-order chi connectivity index (χ1) is 5.89. The molecule has 1 fully saturated rings. The molecular weight excluding hydrogens is 187 g/mol. The van der Waals surface area contributed by atoms with Crippen LogP contribution in [-0.4, -0.2) is 30.8 Å². The second-order valence-corrected chi connectivity index (χ2v) is 3.07. The Hall–Kier alpha value is -0.780. The maximum Gasteiger partial charge on any atom is 0.490 e. The fourth-order valence-electron chi connectivity index (χ4n) is 1.20. The summed E-state index contributed by atoms with van der Waals surface area (Å²) in [4.78, 5) is 10.4. The number of nitrogens with one attached hydrogen (secondary N) is 1. The molecule has 1 rings (SSSR count). The lowest BCUT2D eigenvalue weighted by atomic mass is 10.2. The van der Waals surface area contributed by atoms with Gasteiger partial charge in [0.15, 0.2) is 0 Å². The van der Waals surface area contributed by atoms with E-state index in [0.717, 1.165) is 0 Å². The van der Waals surface area contributed by atoms with Gasteiger partial charge in [0.05, 0.1) is 0 Å². The third-order valence-electron chi connectivity index (χ3n) is 1.82. The van der Waals surface area contributed by atoms with Gasteiger partial charge in [-0.1, -0.05) is 0 Å². The van der Waals surface area contributed by atoms with E-state index >= 15 is 0 Å². The molecule has 6 heteroatoms. The highest BCUT2D eigenvalue weighted by atomic mass is 19.4. The smallest absolute Gasteiger partial charge is 0.454 e. The van der Waals surface area contributed by atoms with Gasteiger partial charge in [-0.15, -0.1) is 0 Å². The number of hydrogen-bond acceptors (Lipinski definition) is 3. The molecule has 3 nitrogen and oxygen atoms in total. The van der Waals surface area contributed by atoms with Gasteiger partial charge in [0, 0.05) is 19.0 Å². The number of alkyl halides is 3. The van der Waals surface area contributed by atoms with Crippen LogP contribution in [0.5, 0.6) is 0 Å². The summed E-state index contributed by atoms with van der Waals surface area (Å²) in [6, 6.07) is 0.103. The predicted molar refractivity (Wildman–Crippen MR) is 38.0 cm³/mol. The summed E-state index contributed by atoms with van der Waals surface area (Å²) in [5.41, 5.74) is 0. The number of carbonyl (C=O) groups is 1. The summed E-state index contributed by atoms with van der Waals surface area (Å²) >= 11 is 0. The Kier molecular flexibility index (Phi) is 2.80. The van der Waals surface area contributed by atoms with E-state index in [2.05, 4.69) is 10.1 Å². The van der Waals surface area contributed by atoms with Gasteiger partial charge in [0.25, 0.3) is 0 Å². The van der Waals surface area contributed by atoms with E-state index in [0.29, 0.717) is 13.0 Å². The largest absolute Gasteiger partial charge is 0.490 e. The van der Waals surface area contributed by atoms with Crippen LogP contribution < -0.4 is 5.32 Å². The lowest BCUT2D eigenvalue weighted by Gasteiger charge is -2.12. The Balaban J connectivity index is 2.37. The van der Waals surface area contributed by atoms with Crippen LogP contribution in [0.4, 0.5) is 13.2 Å².